The molecule has 1 aromatic carbocycles. The van der Waals surface area contributed by atoms with Gasteiger partial charge in [-0.05, 0) is 42.7 Å². The van der Waals surface area contributed by atoms with E-state index in [-0.39, 0.29) is 24.0 Å². The fraction of sp³-hybridized carbons (Fsp3) is 0.476. The van der Waals surface area contributed by atoms with Crippen molar-refractivity contribution in [3.8, 4) is 0 Å². The van der Waals surface area contributed by atoms with Crippen LogP contribution < -0.4 is 0 Å². The first-order chi connectivity index (χ1) is 12.7. The molecule has 1 aromatic heterocycles. The number of carbonyl (C=O) groups is 1. The van der Waals surface area contributed by atoms with Gasteiger partial charge in [0.15, 0.2) is 0 Å². The summed E-state index contributed by atoms with van der Waals surface area (Å²) in [5.41, 5.74) is 0.981. The molecule has 0 radical (unpaired) electrons. The van der Waals surface area contributed by atoms with Crippen molar-refractivity contribution in [1.29, 1.82) is 0 Å². The molecule has 26 heavy (non-hydrogen) atoms. The molecule has 1 aliphatic carbocycles. The summed E-state index contributed by atoms with van der Waals surface area (Å²) >= 11 is 6.05. The Kier molecular flexibility index (Phi) is 5.32. The van der Waals surface area contributed by atoms with Crippen LogP contribution in [-0.2, 0) is 16.0 Å². The quantitative estimate of drug-likeness (QED) is 0.796. The molecule has 3 atom stereocenters. The molecule has 2 heterocycles. The molecule has 1 saturated heterocycles. The zero-order valence-electron chi connectivity index (χ0n) is 14.8. The van der Waals surface area contributed by atoms with Crippen molar-refractivity contribution in [2.24, 2.45) is 0 Å². The summed E-state index contributed by atoms with van der Waals surface area (Å²) in [6.07, 6.45) is 6.85. The lowest BCUT2D eigenvalue weighted by Gasteiger charge is -2.45. The molecule has 0 bridgehead atoms. The minimum Gasteiger partial charge on any atom is -0.469 e. The maximum atomic E-state index is 13.6. The second kappa shape index (κ2) is 7.85. The Balaban J connectivity index is 1.61. The number of nitrogens with zero attached hydrogens (tertiary/aromatic N) is 1. The van der Waals surface area contributed by atoms with Gasteiger partial charge in [0, 0.05) is 18.0 Å². The predicted octanol–water partition coefficient (Wildman–Crippen LogP) is 4.43. The fourth-order valence-electron chi connectivity index (χ4n) is 4.24. The number of carbonyl (C=O) groups excluding carboxylic acids is 1. The third-order valence-electron chi connectivity index (χ3n) is 5.57. The van der Waals surface area contributed by atoms with E-state index < -0.39 is 0 Å². The molecule has 0 spiro atoms. The van der Waals surface area contributed by atoms with E-state index >= 15 is 0 Å². The predicted molar refractivity (Wildman–Crippen MR) is 100 cm³/mol. The van der Waals surface area contributed by atoms with Crippen LogP contribution in [0, 0.1) is 0 Å². The number of benzene rings is 1. The van der Waals surface area contributed by atoms with Gasteiger partial charge in [0.1, 0.15) is 5.76 Å². The summed E-state index contributed by atoms with van der Waals surface area (Å²) < 4.78 is 11.5. The highest BCUT2D eigenvalue weighted by Crippen LogP contribution is 2.32. The fourth-order valence-corrected chi connectivity index (χ4v) is 4.37. The summed E-state index contributed by atoms with van der Waals surface area (Å²) in [6.45, 7) is 1.29. The Bertz CT molecular complexity index is 726. The number of halogens is 1. The van der Waals surface area contributed by atoms with E-state index in [1.54, 1.807) is 6.26 Å². The van der Waals surface area contributed by atoms with E-state index in [0.717, 1.165) is 30.6 Å². The molecule has 4 nitrogen and oxygen atoms in total. The maximum Gasteiger partial charge on any atom is 0.230 e. The van der Waals surface area contributed by atoms with Crippen molar-refractivity contribution in [2.75, 3.05) is 13.2 Å². The molecule has 138 valence electrons. The van der Waals surface area contributed by atoms with E-state index in [2.05, 4.69) is 4.90 Å². The first-order valence-corrected chi connectivity index (χ1v) is 9.80. The molecule has 1 saturated carbocycles. The van der Waals surface area contributed by atoms with Crippen LogP contribution in [0.1, 0.15) is 42.9 Å². The molecule has 4 rings (SSSR count). The molecule has 1 aliphatic heterocycles. The molecule has 2 aliphatic rings. The van der Waals surface area contributed by atoms with Crippen LogP contribution in [0.3, 0.4) is 0 Å². The Morgan fingerprint density at radius 2 is 2.00 bits per heavy atom. The number of ether oxygens (including phenoxy) is 1. The zero-order chi connectivity index (χ0) is 17.9. The molecule has 2 aromatic rings. The van der Waals surface area contributed by atoms with Gasteiger partial charge >= 0.3 is 0 Å². The van der Waals surface area contributed by atoms with Crippen molar-refractivity contribution in [3.05, 3.63) is 59.0 Å². The van der Waals surface area contributed by atoms with Gasteiger partial charge in [0.25, 0.3) is 0 Å². The van der Waals surface area contributed by atoms with Gasteiger partial charge in [-0.25, -0.2) is 0 Å². The maximum absolute atomic E-state index is 13.6. The van der Waals surface area contributed by atoms with Crippen molar-refractivity contribution in [2.45, 2.75) is 50.2 Å². The van der Waals surface area contributed by atoms with Gasteiger partial charge < -0.3 is 14.1 Å². The SMILES string of the molecule is O=C(C(Cc1ccco1)c1ccc(Cl)cc1)N1CCOC2CCCCC21. The molecule has 2 fully saturated rings. The lowest BCUT2D eigenvalue weighted by Crippen LogP contribution is -2.56. The first kappa shape index (κ1) is 17.6. The molecular weight excluding hydrogens is 350 g/mol. The van der Waals surface area contributed by atoms with Crippen molar-refractivity contribution in [3.63, 3.8) is 0 Å². The van der Waals surface area contributed by atoms with E-state index in [4.69, 9.17) is 20.8 Å². The van der Waals surface area contributed by atoms with Gasteiger partial charge in [-0.3, -0.25) is 4.79 Å². The minimum absolute atomic E-state index is 0.170. The third kappa shape index (κ3) is 3.67. The second-order valence-corrected chi connectivity index (χ2v) is 7.62. The van der Waals surface area contributed by atoms with E-state index in [1.807, 2.05) is 36.4 Å². The van der Waals surface area contributed by atoms with Crippen LogP contribution in [0.2, 0.25) is 5.02 Å². The highest BCUT2D eigenvalue weighted by Gasteiger charge is 2.39. The van der Waals surface area contributed by atoms with Gasteiger partial charge in [-0.2, -0.15) is 0 Å². The van der Waals surface area contributed by atoms with Crippen LogP contribution >= 0.6 is 11.6 Å². The molecule has 3 unspecified atom stereocenters. The van der Waals surface area contributed by atoms with Crippen LogP contribution in [-0.4, -0.2) is 36.1 Å². The normalized spacial score (nSPS) is 24.1. The summed E-state index contributed by atoms with van der Waals surface area (Å²) in [5.74, 6) is 0.731. The lowest BCUT2D eigenvalue weighted by atomic mass is 9.87. The Morgan fingerprint density at radius 3 is 2.77 bits per heavy atom. The minimum atomic E-state index is -0.265. The summed E-state index contributed by atoms with van der Waals surface area (Å²) in [7, 11) is 0. The van der Waals surface area contributed by atoms with Crippen molar-refractivity contribution in [1.82, 2.24) is 4.90 Å². The highest BCUT2D eigenvalue weighted by atomic mass is 35.5. The zero-order valence-corrected chi connectivity index (χ0v) is 15.5. The standard InChI is InChI=1S/C21H24ClNO3/c22-16-9-7-15(8-10-16)18(14-17-4-3-12-25-17)21(24)23-11-13-26-20-6-2-1-5-19(20)23/h3-4,7-10,12,18-20H,1-2,5-6,11,13-14H2. The average Bonchev–Trinajstić information content (AvgIpc) is 3.19. The summed E-state index contributed by atoms with van der Waals surface area (Å²) in [6, 6.07) is 11.6. The first-order valence-electron chi connectivity index (χ1n) is 9.42. The number of hydrogen-bond donors (Lipinski definition) is 0. The molecular formula is C21H24ClNO3. The monoisotopic (exact) mass is 373 g/mol. The Morgan fingerprint density at radius 1 is 1.19 bits per heavy atom. The van der Waals surface area contributed by atoms with E-state index in [0.29, 0.717) is 24.6 Å². The molecule has 0 N–H and O–H groups in total. The average molecular weight is 374 g/mol. The van der Waals surface area contributed by atoms with Gasteiger partial charge in [0.2, 0.25) is 5.91 Å². The van der Waals surface area contributed by atoms with Crippen molar-refractivity contribution < 1.29 is 13.9 Å². The number of hydrogen-bond acceptors (Lipinski definition) is 3. The highest BCUT2D eigenvalue weighted by molar-refractivity contribution is 6.30. The number of furan rings is 1. The van der Waals surface area contributed by atoms with Crippen LogP contribution in [0.25, 0.3) is 0 Å². The Labute approximate surface area is 159 Å². The van der Waals surface area contributed by atoms with Crippen LogP contribution in [0.4, 0.5) is 0 Å². The molecule has 1 amide bonds. The Hall–Kier alpha value is -1.78. The lowest BCUT2D eigenvalue weighted by molar-refractivity contribution is -0.151. The summed E-state index contributed by atoms with van der Waals surface area (Å²) in [5, 5.41) is 0.677. The van der Waals surface area contributed by atoms with Gasteiger partial charge in [-0.1, -0.05) is 36.6 Å². The van der Waals surface area contributed by atoms with E-state index in [1.165, 1.54) is 6.42 Å². The number of morpholine rings is 1. The third-order valence-corrected chi connectivity index (χ3v) is 5.82. The smallest absolute Gasteiger partial charge is 0.230 e. The number of fused-ring (bicyclic) bond motifs is 1. The molecule has 5 heteroatoms. The van der Waals surface area contributed by atoms with Gasteiger partial charge in [0.05, 0.1) is 30.9 Å². The second-order valence-electron chi connectivity index (χ2n) is 7.18. The number of amides is 1. The van der Waals surface area contributed by atoms with Crippen LogP contribution in [0.15, 0.2) is 47.1 Å². The number of rotatable bonds is 4. The van der Waals surface area contributed by atoms with Crippen molar-refractivity contribution >= 4 is 17.5 Å². The largest absolute Gasteiger partial charge is 0.469 e. The van der Waals surface area contributed by atoms with Crippen LogP contribution in [0.5, 0.6) is 0 Å². The van der Waals surface area contributed by atoms with Gasteiger partial charge in [-0.15, -0.1) is 0 Å². The van der Waals surface area contributed by atoms with E-state index in [9.17, 15) is 4.79 Å². The topological polar surface area (TPSA) is 42.7 Å². The summed E-state index contributed by atoms with van der Waals surface area (Å²) in [4.78, 5) is 15.6.